The average molecular weight is 359 g/mol. The summed E-state index contributed by atoms with van der Waals surface area (Å²) in [5, 5.41) is 11.0. The van der Waals surface area contributed by atoms with Crippen molar-refractivity contribution in [3.05, 3.63) is 33.8 Å². The van der Waals surface area contributed by atoms with Crippen molar-refractivity contribution in [1.82, 2.24) is 15.2 Å². The summed E-state index contributed by atoms with van der Waals surface area (Å²) in [5.74, 6) is -1.77. The van der Waals surface area contributed by atoms with Crippen LogP contribution >= 0.6 is 22.9 Å². The molecule has 0 saturated heterocycles. The maximum absolute atomic E-state index is 13.5. The van der Waals surface area contributed by atoms with Gasteiger partial charge in [-0.15, -0.1) is 10.2 Å². The molecule has 23 heavy (non-hydrogen) atoms. The summed E-state index contributed by atoms with van der Waals surface area (Å²) in [6.07, 6.45) is 2.23. The minimum Gasteiger partial charge on any atom is -0.469 e. The third kappa shape index (κ3) is 4.93. The Morgan fingerprint density at radius 2 is 2.22 bits per heavy atom. The van der Waals surface area contributed by atoms with Crippen molar-refractivity contribution in [1.29, 1.82) is 0 Å². The van der Waals surface area contributed by atoms with E-state index in [2.05, 4.69) is 25.2 Å². The van der Waals surface area contributed by atoms with Gasteiger partial charge in [0.2, 0.25) is 5.13 Å². The second kappa shape index (κ2) is 7.93. The van der Waals surface area contributed by atoms with E-state index in [-0.39, 0.29) is 28.2 Å². The van der Waals surface area contributed by atoms with Crippen LogP contribution in [0.25, 0.3) is 0 Å². The summed E-state index contributed by atoms with van der Waals surface area (Å²) in [6.45, 7) is 0. The zero-order valence-electron chi connectivity index (χ0n) is 12.0. The monoisotopic (exact) mass is 358 g/mol. The molecule has 0 bridgehead atoms. The van der Waals surface area contributed by atoms with Gasteiger partial charge in [-0.1, -0.05) is 22.9 Å². The van der Waals surface area contributed by atoms with Crippen LogP contribution in [0.3, 0.4) is 0 Å². The van der Waals surface area contributed by atoms with Gasteiger partial charge in [-0.25, -0.2) is 9.37 Å². The standard InChI is InChI=1S/C13H12ClFN4O3S/c1-22-11(20)4-2-3-10-18-19-13(23-10)17-12(21)7-5-9(14)16-6-8(7)15/h5-6H,2-4H2,1H3,(H,17,19,21). The summed E-state index contributed by atoms with van der Waals surface area (Å²) < 4.78 is 18.1. The zero-order chi connectivity index (χ0) is 16.8. The summed E-state index contributed by atoms with van der Waals surface area (Å²) in [5.41, 5.74) is -0.229. The molecule has 0 aliphatic carbocycles. The van der Waals surface area contributed by atoms with E-state index in [4.69, 9.17) is 11.6 Å². The first-order valence-corrected chi connectivity index (χ1v) is 7.70. The van der Waals surface area contributed by atoms with Crippen molar-refractivity contribution in [2.75, 3.05) is 12.4 Å². The van der Waals surface area contributed by atoms with Gasteiger partial charge in [0.1, 0.15) is 10.2 Å². The van der Waals surface area contributed by atoms with Gasteiger partial charge in [0.25, 0.3) is 5.91 Å². The number of anilines is 1. The van der Waals surface area contributed by atoms with Crippen LogP contribution in [0.5, 0.6) is 0 Å². The quantitative estimate of drug-likeness (QED) is 0.629. The minimum absolute atomic E-state index is 0.0114. The Bertz CT molecular complexity index is 725. The average Bonchev–Trinajstić information content (AvgIpc) is 2.96. The van der Waals surface area contributed by atoms with Crippen molar-refractivity contribution in [2.24, 2.45) is 0 Å². The molecule has 0 atom stereocenters. The van der Waals surface area contributed by atoms with Gasteiger partial charge >= 0.3 is 5.97 Å². The number of esters is 1. The smallest absolute Gasteiger partial charge is 0.305 e. The second-order valence-corrected chi connectivity index (χ2v) is 5.82. The molecule has 7 nitrogen and oxygen atoms in total. The number of nitrogens with one attached hydrogen (secondary N) is 1. The SMILES string of the molecule is COC(=O)CCCc1nnc(NC(=O)c2cc(Cl)ncc2F)s1. The highest BCUT2D eigenvalue weighted by Gasteiger charge is 2.15. The fraction of sp³-hybridized carbons (Fsp3) is 0.308. The molecule has 2 heterocycles. The Kier molecular flexibility index (Phi) is 5.94. The summed E-state index contributed by atoms with van der Waals surface area (Å²) in [4.78, 5) is 26.5. The van der Waals surface area contributed by atoms with Gasteiger partial charge in [-0.2, -0.15) is 0 Å². The Labute approximate surface area is 139 Å². The molecule has 0 fully saturated rings. The number of carbonyl (C=O) groups excluding carboxylic acids is 2. The number of amides is 1. The lowest BCUT2D eigenvalue weighted by Gasteiger charge is -2.02. The fourth-order valence-electron chi connectivity index (χ4n) is 1.64. The lowest BCUT2D eigenvalue weighted by Crippen LogP contribution is -2.14. The van der Waals surface area contributed by atoms with Crippen molar-refractivity contribution in [3.8, 4) is 0 Å². The Balaban J connectivity index is 1.94. The van der Waals surface area contributed by atoms with E-state index in [9.17, 15) is 14.0 Å². The highest BCUT2D eigenvalue weighted by atomic mass is 35.5. The van der Waals surface area contributed by atoms with Crippen LogP contribution in [-0.2, 0) is 16.0 Å². The number of halogens is 2. The van der Waals surface area contributed by atoms with Crippen molar-refractivity contribution in [2.45, 2.75) is 19.3 Å². The Morgan fingerprint density at radius 3 is 2.96 bits per heavy atom. The van der Waals surface area contributed by atoms with Crippen LogP contribution in [0.1, 0.15) is 28.2 Å². The predicted octanol–water partition coefficient (Wildman–Crippen LogP) is 2.47. The zero-order valence-corrected chi connectivity index (χ0v) is 13.6. The van der Waals surface area contributed by atoms with Crippen LogP contribution in [0.15, 0.2) is 12.3 Å². The summed E-state index contributed by atoms with van der Waals surface area (Å²) in [6, 6.07) is 1.13. The van der Waals surface area contributed by atoms with E-state index in [1.54, 1.807) is 0 Å². The third-order valence-corrected chi connectivity index (χ3v) is 3.86. The maximum Gasteiger partial charge on any atom is 0.305 e. The predicted molar refractivity (Wildman–Crippen MR) is 82.0 cm³/mol. The molecule has 0 unspecified atom stereocenters. The van der Waals surface area contributed by atoms with Gasteiger partial charge < -0.3 is 4.74 Å². The molecule has 0 aliphatic rings. The van der Waals surface area contributed by atoms with Crippen molar-refractivity contribution >= 4 is 39.9 Å². The minimum atomic E-state index is -0.783. The second-order valence-electron chi connectivity index (χ2n) is 4.37. The highest BCUT2D eigenvalue weighted by Crippen LogP contribution is 2.19. The highest BCUT2D eigenvalue weighted by molar-refractivity contribution is 7.15. The van der Waals surface area contributed by atoms with Gasteiger partial charge in [-0.05, 0) is 12.5 Å². The molecule has 2 aromatic heterocycles. The van der Waals surface area contributed by atoms with Gasteiger partial charge in [-0.3, -0.25) is 14.9 Å². The topological polar surface area (TPSA) is 94.1 Å². The fourth-order valence-corrected chi connectivity index (χ4v) is 2.58. The van der Waals surface area contributed by atoms with E-state index in [0.29, 0.717) is 17.8 Å². The lowest BCUT2D eigenvalue weighted by atomic mass is 10.2. The molecule has 0 aliphatic heterocycles. The number of pyridine rings is 1. The number of hydrogen-bond donors (Lipinski definition) is 1. The molecule has 2 aromatic rings. The molecule has 122 valence electrons. The number of rotatable bonds is 6. The molecule has 10 heteroatoms. The van der Waals surface area contributed by atoms with Crippen molar-refractivity contribution < 1.29 is 18.7 Å². The van der Waals surface area contributed by atoms with E-state index in [1.165, 1.54) is 7.11 Å². The first-order chi connectivity index (χ1) is 11.0. The van der Waals surface area contributed by atoms with Crippen molar-refractivity contribution in [3.63, 3.8) is 0 Å². The van der Waals surface area contributed by atoms with Crippen LogP contribution in [0.4, 0.5) is 9.52 Å². The van der Waals surface area contributed by atoms with Gasteiger partial charge in [0.05, 0.1) is 18.9 Å². The molecule has 1 amide bonds. The first-order valence-electron chi connectivity index (χ1n) is 6.51. The summed E-state index contributed by atoms with van der Waals surface area (Å²) in [7, 11) is 1.32. The third-order valence-electron chi connectivity index (χ3n) is 2.75. The van der Waals surface area contributed by atoms with Crippen LogP contribution in [-0.4, -0.2) is 34.2 Å². The van der Waals surface area contributed by atoms with Gasteiger partial charge in [0, 0.05) is 12.8 Å². The van der Waals surface area contributed by atoms with Gasteiger partial charge in [0.15, 0.2) is 5.82 Å². The number of carbonyl (C=O) groups is 2. The van der Waals surface area contributed by atoms with Crippen LogP contribution in [0, 0.1) is 5.82 Å². The number of hydrogen-bond acceptors (Lipinski definition) is 7. The number of ether oxygens (including phenoxy) is 1. The van der Waals surface area contributed by atoms with Crippen LogP contribution < -0.4 is 5.32 Å². The molecular formula is C13H12ClFN4O3S. The number of methoxy groups -OCH3 is 1. The molecule has 1 N–H and O–H groups in total. The number of aryl methyl sites for hydroxylation is 1. The summed E-state index contributed by atoms with van der Waals surface area (Å²) >= 11 is 6.79. The van der Waals surface area contributed by atoms with E-state index in [0.717, 1.165) is 23.6 Å². The Hall–Kier alpha value is -2.13. The molecular weight excluding hydrogens is 347 g/mol. The molecule has 0 aromatic carbocycles. The largest absolute Gasteiger partial charge is 0.469 e. The molecule has 0 saturated carbocycles. The Morgan fingerprint density at radius 1 is 1.43 bits per heavy atom. The lowest BCUT2D eigenvalue weighted by molar-refractivity contribution is -0.140. The normalized spacial score (nSPS) is 10.4. The van der Waals surface area contributed by atoms with E-state index < -0.39 is 11.7 Å². The van der Waals surface area contributed by atoms with Crippen LogP contribution in [0.2, 0.25) is 5.15 Å². The molecule has 0 radical (unpaired) electrons. The van der Waals surface area contributed by atoms with E-state index in [1.807, 2.05) is 0 Å². The number of aromatic nitrogens is 3. The molecule has 0 spiro atoms. The van der Waals surface area contributed by atoms with E-state index >= 15 is 0 Å². The first kappa shape index (κ1) is 17.2. The maximum atomic E-state index is 13.5. The molecule has 2 rings (SSSR count). The number of nitrogens with zero attached hydrogens (tertiary/aromatic N) is 3.